The molecular weight excluding hydrogens is 270 g/mol. The topological polar surface area (TPSA) is 82.4 Å². The van der Waals surface area contributed by atoms with Gasteiger partial charge in [-0.05, 0) is 46.5 Å². The zero-order valence-corrected chi connectivity index (χ0v) is 12.9. The van der Waals surface area contributed by atoms with Crippen LogP contribution in [-0.2, 0) is 9.53 Å². The molecule has 2 fully saturated rings. The molecule has 1 N–H and O–H groups in total. The molecule has 1 heterocycles. The second kappa shape index (κ2) is 5.55. The van der Waals surface area contributed by atoms with Crippen molar-refractivity contribution in [1.29, 1.82) is 5.26 Å². The lowest BCUT2D eigenvalue weighted by atomic mass is 10.0. The van der Waals surface area contributed by atoms with Crippen molar-refractivity contribution in [3.63, 3.8) is 0 Å². The second-order valence-corrected chi connectivity index (χ2v) is 6.91. The predicted octanol–water partition coefficient (Wildman–Crippen LogP) is 1.81. The molecule has 0 radical (unpaired) electrons. The monoisotopic (exact) mass is 293 g/mol. The minimum atomic E-state index is -0.775. The molecule has 1 aliphatic heterocycles. The molecule has 1 saturated carbocycles. The fourth-order valence-corrected chi connectivity index (χ4v) is 2.37. The Kier molecular flexibility index (Phi) is 4.13. The van der Waals surface area contributed by atoms with E-state index in [2.05, 4.69) is 11.4 Å². The summed E-state index contributed by atoms with van der Waals surface area (Å²) in [7, 11) is 0. The lowest BCUT2D eigenvalue weighted by Gasteiger charge is -2.34. The lowest BCUT2D eigenvalue weighted by molar-refractivity contribution is -0.125. The molecule has 116 valence electrons. The Bertz CT molecular complexity index is 464. The summed E-state index contributed by atoms with van der Waals surface area (Å²) in [5, 5.41) is 11.9. The Morgan fingerprint density at radius 2 is 1.86 bits per heavy atom. The highest BCUT2D eigenvalue weighted by molar-refractivity contribution is 5.88. The molecule has 0 spiro atoms. The number of hydrogen-bond acceptors (Lipinski definition) is 4. The van der Waals surface area contributed by atoms with Crippen molar-refractivity contribution in [3.8, 4) is 6.07 Å². The Balaban J connectivity index is 1.77. The summed E-state index contributed by atoms with van der Waals surface area (Å²) in [6.07, 6.45) is 2.42. The van der Waals surface area contributed by atoms with E-state index in [1.807, 2.05) is 20.8 Å². The van der Waals surface area contributed by atoms with E-state index in [4.69, 9.17) is 10.00 Å². The molecule has 0 unspecified atom stereocenters. The predicted molar refractivity (Wildman–Crippen MR) is 76.3 cm³/mol. The summed E-state index contributed by atoms with van der Waals surface area (Å²) in [6, 6.07) is 2.14. The average molecular weight is 293 g/mol. The van der Waals surface area contributed by atoms with Gasteiger partial charge in [-0.15, -0.1) is 0 Å². The largest absolute Gasteiger partial charge is 0.444 e. The second-order valence-electron chi connectivity index (χ2n) is 6.91. The normalized spacial score (nSPS) is 21.3. The van der Waals surface area contributed by atoms with Crippen LogP contribution in [0.5, 0.6) is 0 Å². The van der Waals surface area contributed by atoms with Crippen molar-refractivity contribution < 1.29 is 14.3 Å². The van der Waals surface area contributed by atoms with Crippen LogP contribution in [0.2, 0.25) is 0 Å². The zero-order valence-electron chi connectivity index (χ0n) is 12.9. The van der Waals surface area contributed by atoms with Crippen molar-refractivity contribution in [2.24, 2.45) is 5.41 Å². The summed E-state index contributed by atoms with van der Waals surface area (Å²) in [4.78, 5) is 25.6. The first-order chi connectivity index (χ1) is 9.76. The maximum absolute atomic E-state index is 12.0. The molecule has 2 amide bonds. The van der Waals surface area contributed by atoms with Gasteiger partial charge in [0.25, 0.3) is 0 Å². The Hall–Kier alpha value is -1.77. The number of carbonyl (C=O) groups is 2. The van der Waals surface area contributed by atoms with Gasteiger partial charge in [0.15, 0.2) is 0 Å². The quantitative estimate of drug-likeness (QED) is 0.841. The van der Waals surface area contributed by atoms with E-state index >= 15 is 0 Å². The summed E-state index contributed by atoms with van der Waals surface area (Å²) >= 11 is 0. The highest BCUT2D eigenvalue weighted by Gasteiger charge is 2.51. The highest BCUT2D eigenvalue weighted by Crippen LogP contribution is 2.45. The summed E-state index contributed by atoms with van der Waals surface area (Å²) in [5.74, 6) is -0.152. The number of hydrogen-bond donors (Lipinski definition) is 1. The first kappa shape index (κ1) is 15.6. The number of carbonyl (C=O) groups excluding carboxylic acids is 2. The Morgan fingerprint density at radius 1 is 1.29 bits per heavy atom. The van der Waals surface area contributed by atoms with Crippen molar-refractivity contribution in [2.45, 2.75) is 58.1 Å². The van der Waals surface area contributed by atoms with Gasteiger partial charge in [0, 0.05) is 19.1 Å². The minimum Gasteiger partial charge on any atom is -0.444 e. The van der Waals surface area contributed by atoms with E-state index in [1.54, 1.807) is 4.90 Å². The molecule has 1 saturated heterocycles. The molecule has 2 aliphatic rings. The first-order valence-electron chi connectivity index (χ1n) is 7.46. The van der Waals surface area contributed by atoms with Crippen molar-refractivity contribution in [2.75, 3.05) is 13.1 Å². The molecule has 0 aromatic heterocycles. The molecule has 21 heavy (non-hydrogen) atoms. The molecule has 0 aromatic rings. The van der Waals surface area contributed by atoms with Gasteiger partial charge in [-0.1, -0.05) is 0 Å². The van der Waals surface area contributed by atoms with Crippen LogP contribution in [0.25, 0.3) is 0 Å². The van der Waals surface area contributed by atoms with Gasteiger partial charge in [-0.3, -0.25) is 4.79 Å². The lowest BCUT2D eigenvalue weighted by Crippen LogP contribution is -2.49. The van der Waals surface area contributed by atoms with Crippen LogP contribution in [0.15, 0.2) is 0 Å². The van der Waals surface area contributed by atoms with Gasteiger partial charge >= 0.3 is 6.09 Å². The van der Waals surface area contributed by atoms with Crippen LogP contribution in [0.1, 0.15) is 46.5 Å². The van der Waals surface area contributed by atoms with Crippen molar-refractivity contribution in [1.82, 2.24) is 10.2 Å². The van der Waals surface area contributed by atoms with E-state index < -0.39 is 11.0 Å². The molecule has 1 aliphatic carbocycles. The molecule has 6 heteroatoms. The summed E-state index contributed by atoms with van der Waals surface area (Å²) in [5.41, 5.74) is -1.27. The van der Waals surface area contributed by atoms with Gasteiger partial charge in [-0.25, -0.2) is 4.79 Å². The number of nitriles is 1. The van der Waals surface area contributed by atoms with E-state index in [0.717, 1.165) is 0 Å². The molecule has 0 bridgehead atoms. The van der Waals surface area contributed by atoms with Crippen molar-refractivity contribution >= 4 is 12.0 Å². The fourth-order valence-electron chi connectivity index (χ4n) is 2.37. The average Bonchev–Trinajstić information content (AvgIpc) is 3.18. The number of nitrogens with one attached hydrogen (secondary N) is 1. The first-order valence-corrected chi connectivity index (χ1v) is 7.46. The molecule has 0 aromatic carbocycles. The zero-order chi connectivity index (χ0) is 15.7. The maximum Gasteiger partial charge on any atom is 0.410 e. The Labute approximate surface area is 125 Å². The summed E-state index contributed by atoms with van der Waals surface area (Å²) in [6.45, 7) is 6.66. The van der Waals surface area contributed by atoms with Crippen LogP contribution in [0.4, 0.5) is 4.79 Å². The Morgan fingerprint density at radius 3 is 2.29 bits per heavy atom. The molecule has 0 atom stereocenters. The number of nitrogens with zero attached hydrogens (tertiary/aromatic N) is 2. The fraction of sp³-hybridized carbons (Fsp3) is 0.800. The number of ether oxygens (including phenoxy) is 1. The van der Waals surface area contributed by atoms with Crippen LogP contribution in [0.3, 0.4) is 0 Å². The third-order valence-electron chi connectivity index (χ3n) is 3.88. The highest BCUT2D eigenvalue weighted by atomic mass is 16.6. The van der Waals surface area contributed by atoms with Gasteiger partial charge in [0.2, 0.25) is 5.91 Å². The van der Waals surface area contributed by atoms with E-state index in [1.165, 1.54) is 0 Å². The van der Waals surface area contributed by atoms with Crippen LogP contribution >= 0.6 is 0 Å². The number of piperidine rings is 1. The number of rotatable bonds is 2. The SMILES string of the molecule is CC(C)(C)OC(=O)N1CCC(NC(=O)C2(C#N)CC2)CC1. The van der Waals surface area contributed by atoms with Crippen LogP contribution < -0.4 is 5.32 Å². The van der Waals surface area contributed by atoms with Crippen LogP contribution in [0, 0.1) is 16.7 Å². The third kappa shape index (κ3) is 3.87. The van der Waals surface area contributed by atoms with Gasteiger partial charge in [0.05, 0.1) is 6.07 Å². The smallest absolute Gasteiger partial charge is 0.410 e. The van der Waals surface area contributed by atoms with E-state index in [9.17, 15) is 9.59 Å². The molecular formula is C15H23N3O3. The number of amides is 2. The summed E-state index contributed by atoms with van der Waals surface area (Å²) < 4.78 is 5.33. The molecule has 2 rings (SSSR count). The van der Waals surface area contributed by atoms with Crippen LogP contribution in [-0.4, -0.2) is 41.6 Å². The van der Waals surface area contributed by atoms with E-state index in [-0.39, 0.29) is 18.0 Å². The maximum atomic E-state index is 12.0. The third-order valence-corrected chi connectivity index (χ3v) is 3.88. The van der Waals surface area contributed by atoms with Gasteiger partial charge in [0.1, 0.15) is 11.0 Å². The number of likely N-dealkylation sites (tertiary alicyclic amines) is 1. The minimum absolute atomic E-state index is 0.0435. The van der Waals surface area contributed by atoms with Gasteiger partial charge < -0.3 is 15.0 Å². The molecule has 6 nitrogen and oxygen atoms in total. The van der Waals surface area contributed by atoms with Crippen molar-refractivity contribution in [3.05, 3.63) is 0 Å². The van der Waals surface area contributed by atoms with E-state index in [0.29, 0.717) is 38.8 Å². The standard InChI is InChI=1S/C15H23N3O3/c1-14(2,3)21-13(20)18-8-4-11(5-9-18)17-12(19)15(10-16)6-7-15/h11H,4-9H2,1-3H3,(H,17,19). The van der Waals surface area contributed by atoms with Gasteiger partial charge in [-0.2, -0.15) is 5.26 Å².